The molecule has 2 heterocycles. The van der Waals surface area contributed by atoms with E-state index >= 15 is 0 Å². The van der Waals surface area contributed by atoms with E-state index in [1.54, 1.807) is 0 Å². The molecule has 1 aromatic rings. The number of nitrogens with one attached hydrogen (secondary N) is 1. The summed E-state index contributed by atoms with van der Waals surface area (Å²) in [7, 11) is 0. The van der Waals surface area contributed by atoms with Gasteiger partial charge in [0.15, 0.2) is 0 Å². The largest absolute Gasteiger partial charge is 0.394 e. The summed E-state index contributed by atoms with van der Waals surface area (Å²) in [5.41, 5.74) is 0.322. The Labute approximate surface area is 85.9 Å². The van der Waals surface area contributed by atoms with Crippen molar-refractivity contribution in [3.05, 3.63) is 18.0 Å². The molecule has 0 unspecified atom stereocenters. The van der Waals surface area contributed by atoms with Gasteiger partial charge in [-0.15, -0.1) is 0 Å². The third-order valence-corrected chi connectivity index (χ3v) is 2.57. The van der Waals surface area contributed by atoms with Gasteiger partial charge in [0.2, 0.25) is 0 Å². The third-order valence-electron chi connectivity index (χ3n) is 2.57. The Hall–Kier alpha value is -1.43. The number of alkyl halides is 1. The molecule has 0 aliphatic carbocycles. The maximum absolute atomic E-state index is 13.1. The number of H-pyrrole nitrogens is 1. The molecule has 0 saturated carbocycles. The second kappa shape index (κ2) is 3.98. The average molecular weight is 213 g/mol. The van der Waals surface area contributed by atoms with Gasteiger partial charge in [-0.05, 0) is 6.07 Å². The lowest BCUT2D eigenvalue weighted by Gasteiger charge is -2.21. The number of aliphatic hydroxyl groups is 1. The van der Waals surface area contributed by atoms with E-state index < -0.39 is 12.2 Å². The van der Waals surface area contributed by atoms with Crippen LogP contribution in [0.3, 0.4) is 0 Å². The van der Waals surface area contributed by atoms with Crippen LogP contribution in [0.4, 0.5) is 4.39 Å². The first-order chi connectivity index (χ1) is 7.22. The molecule has 0 bridgehead atoms. The molecular formula is C9H12FN3O2. The monoisotopic (exact) mass is 213 g/mol. The number of nitrogens with zero attached hydrogens (tertiary/aromatic N) is 2. The van der Waals surface area contributed by atoms with E-state index in [1.807, 2.05) is 0 Å². The van der Waals surface area contributed by atoms with Crippen LogP contribution in [0, 0.1) is 0 Å². The summed E-state index contributed by atoms with van der Waals surface area (Å²) in [5, 5.41) is 15.2. The normalized spacial score (nSPS) is 25.9. The molecular weight excluding hydrogens is 201 g/mol. The molecule has 2 N–H and O–H groups in total. The van der Waals surface area contributed by atoms with E-state index in [4.69, 9.17) is 5.11 Å². The Bertz CT molecular complexity index is 341. The van der Waals surface area contributed by atoms with Gasteiger partial charge >= 0.3 is 0 Å². The van der Waals surface area contributed by atoms with Crippen molar-refractivity contribution in [2.75, 3.05) is 13.2 Å². The maximum Gasteiger partial charge on any atom is 0.272 e. The van der Waals surface area contributed by atoms with Crippen molar-refractivity contribution in [2.24, 2.45) is 0 Å². The molecule has 82 valence electrons. The van der Waals surface area contributed by atoms with E-state index in [2.05, 4.69) is 10.2 Å². The fourth-order valence-corrected chi connectivity index (χ4v) is 1.81. The van der Waals surface area contributed by atoms with Gasteiger partial charge in [-0.3, -0.25) is 9.89 Å². The zero-order chi connectivity index (χ0) is 10.8. The van der Waals surface area contributed by atoms with Crippen molar-refractivity contribution in [3.8, 4) is 0 Å². The molecule has 5 nitrogen and oxygen atoms in total. The molecule has 2 atom stereocenters. The zero-order valence-electron chi connectivity index (χ0n) is 8.06. The van der Waals surface area contributed by atoms with Crippen molar-refractivity contribution < 1.29 is 14.3 Å². The SMILES string of the molecule is O=C(c1ccn[nH]1)N1C[C@@H](F)C[C@H]1CO. The number of amides is 1. The van der Waals surface area contributed by atoms with E-state index in [9.17, 15) is 9.18 Å². The van der Waals surface area contributed by atoms with Crippen LogP contribution in [0.2, 0.25) is 0 Å². The first-order valence-electron chi connectivity index (χ1n) is 4.77. The van der Waals surface area contributed by atoms with Crippen LogP contribution in [0.1, 0.15) is 16.9 Å². The number of hydrogen-bond acceptors (Lipinski definition) is 3. The van der Waals surface area contributed by atoms with Gasteiger partial charge in [0.1, 0.15) is 11.9 Å². The number of halogens is 1. The van der Waals surface area contributed by atoms with Gasteiger partial charge in [0.05, 0.1) is 19.2 Å². The van der Waals surface area contributed by atoms with Gasteiger partial charge in [-0.25, -0.2) is 4.39 Å². The molecule has 1 amide bonds. The van der Waals surface area contributed by atoms with Gasteiger partial charge in [-0.2, -0.15) is 5.10 Å². The van der Waals surface area contributed by atoms with Crippen LogP contribution in [0.25, 0.3) is 0 Å². The highest BCUT2D eigenvalue weighted by Gasteiger charge is 2.35. The standard InChI is InChI=1S/C9H12FN3O2/c10-6-3-7(5-14)13(4-6)9(15)8-1-2-11-12-8/h1-2,6-7,14H,3-5H2,(H,11,12)/t6-,7-/m0/s1. The van der Waals surface area contributed by atoms with E-state index in [-0.39, 0.29) is 25.5 Å². The fraction of sp³-hybridized carbons (Fsp3) is 0.556. The Balaban J connectivity index is 2.13. The van der Waals surface area contributed by atoms with Crippen molar-refractivity contribution in [3.63, 3.8) is 0 Å². The van der Waals surface area contributed by atoms with E-state index in [0.717, 1.165) is 0 Å². The van der Waals surface area contributed by atoms with Crippen molar-refractivity contribution in [1.29, 1.82) is 0 Å². The predicted octanol–water partition coefficient (Wildman–Crippen LogP) is -0.0454. The lowest BCUT2D eigenvalue weighted by Crippen LogP contribution is -2.38. The quantitative estimate of drug-likeness (QED) is 0.724. The van der Waals surface area contributed by atoms with Gasteiger partial charge in [0.25, 0.3) is 5.91 Å². The summed E-state index contributed by atoms with van der Waals surface area (Å²) in [5.74, 6) is -0.313. The van der Waals surface area contributed by atoms with Crippen LogP contribution in [0.5, 0.6) is 0 Å². The molecule has 1 aliphatic rings. The highest BCUT2D eigenvalue weighted by atomic mass is 19.1. The highest BCUT2D eigenvalue weighted by molar-refractivity contribution is 5.92. The lowest BCUT2D eigenvalue weighted by molar-refractivity contribution is 0.0667. The summed E-state index contributed by atoms with van der Waals surface area (Å²) in [4.78, 5) is 13.1. The Morgan fingerprint density at radius 2 is 2.60 bits per heavy atom. The molecule has 0 radical (unpaired) electrons. The van der Waals surface area contributed by atoms with Crippen LogP contribution >= 0.6 is 0 Å². The smallest absolute Gasteiger partial charge is 0.272 e. The molecule has 1 fully saturated rings. The predicted molar refractivity (Wildman–Crippen MR) is 50.0 cm³/mol. The summed E-state index contributed by atoms with van der Waals surface area (Å²) >= 11 is 0. The zero-order valence-corrected chi connectivity index (χ0v) is 8.06. The number of aliphatic hydroxyl groups excluding tert-OH is 1. The van der Waals surface area contributed by atoms with Gasteiger partial charge in [-0.1, -0.05) is 0 Å². The minimum atomic E-state index is -1.05. The molecule has 1 aromatic heterocycles. The molecule has 0 aromatic carbocycles. The first kappa shape index (κ1) is 10.1. The van der Waals surface area contributed by atoms with Gasteiger partial charge in [0, 0.05) is 12.6 Å². The molecule has 2 rings (SSSR count). The number of carbonyl (C=O) groups excluding carboxylic acids is 1. The Kier molecular flexibility index (Phi) is 2.68. The first-order valence-corrected chi connectivity index (χ1v) is 4.77. The number of rotatable bonds is 2. The molecule has 1 saturated heterocycles. The number of likely N-dealkylation sites (tertiary alicyclic amines) is 1. The van der Waals surface area contributed by atoms with Crippen LogP contribution in [0.15, 0.2) is 12.3 Å². The van der Waals surface area contributed by atoms with E-state index in [0.29, 0.717) is 5.69 Å². The topological polar surface area (TPSA) is 69.2 Å². The van der Waals surface area contributed by atoms with E-state index in [1.165, 1.54) is 17.2 Å². The Morgan fingerprint density at radius 1 is 1.80 bits per heavy atom. The van der Waals surface area contributed by atoms with Crippen LogP contribution in [-0.4, -0.2) is 51.5 Å². The van der Waals surface area contributed by atoms with Gasteiger partial charge < -0.3 is 10.0 Å². The third kappa shape index (κ3) is 1.85. The fourth-order valence-electron chi connectivity index (χ4n) is 1.81. The summed E-state index contributed by atoms with van der Waals surface area (Å²) < 4.78 is 13.1. The maximum atomic E-state index is 13.1. The minimum Gasteiger partial charge on any atom is -0.394 e. The number of aromatic amines is 1. The average Bonchev–Trinajstić information content (AvgIpc) is 2.84. The molecule has 6 heteroatoms. The molecule has 0 spiro atoms. The highest BCUT2D eigenvalue weighted by Crippen LogP contribution is 2.21. The van der Waals surface area contributed by atoms with Crippen molar-refractivity contribution in [2.45, 2.75) is 18.6 Å². The molecule has 15 heavy (non-hydrogen) atoms. The summed E-state index contributed by atoms with van der Waals surface area (Å²) in [6.07, 6.45) is 0.620. The van der Waals surface area contributed by atoms with Crippen LogP contribution < -0.4 is 0 Å². The molecule has 1 aliphatic heterocycles. The Morgan fingerprint density at radius 3 is 3.20 bits per heavy atom. The van der Waals surface area contributed by atoms with Crippen LogP contribution in [-0.2, 0) is 0 Å². The second-order valence-electron chi connectivity index (χ2n) is 3.60. The summed E-state index contributed by atoms with van der Waals surface area (Å²) in [6, 6.07) is 1.11. The minimum absolute atomic E-state index is 0.0447. The lowest BCUT2D eigenvalue weighted by atomic mass is 10.2. The second-order valence-corrected chi connectivity index (χ2v) is 3.60. The summed E-state index contributed by atoms with van der Waals surface area (Å²) in [6.45, 7) is -0.163. The number of carbonyl (C=O) groups is 1. The number of aromatic nitrogens is 2. The van der Waals surface area contributed by atoms with Crippen molar-refractivity contribution >= 4 is 5.91 Å². The number of hydrogen-bond donors (Lipinski definition) is 2. The van der Waals surface area contributed by atoms with Crippen molar-refractivity contribution in [1.82, 2.24) is 15.1 Å².